The van der Waals surface area contributed by atoms with Crippen molar-refractivity contribution < 1.29 is 21.6 Å². The van der Waals surface area contributed by atoms with Crippen LogP contribution in [0.2, 0.25) is 0 Å². The van der Waals surface area contributed by atoms with Crippen molar-refractivity contribution >= 4 is 9.84 Å². The van der Waals surface area contributed by atoms with Crippen molar-refractivity contribution in [2.24, 2.45) is 23.2 Å². The fraction of sp³-hybridized carbons (Fsp3) is 0.696. The summed E-state index contributed by atoms with van der Waals surface area (Å²) >= 11 is 0. The molecule has 6 fully saturated rings. The molecule has 2 aromatic rings. The monoisotopic (exact) mass is 493 g/mol. The van der Waals surface area contributed by atoms with E-state index in [1.165, 1.54) is 6.07 Å². The van der Waals surface area contributed by atoms with Gasteiger partial charge in [-0.25, -0.2) is 18.4 Å². The summed E-state index contributed by atoms with van der Waals surface area (Å²) in [5.74, 6) is 1.23. The minimum Gasteiger partial charge on any atom is -0.299 e. The smallest absolute Gasteiger partial charge is 0.299 e. The third kappa shape index (κ3) is 2.68. The van der Waals surface area contributed by atoms with Crippen LogP contribution in [0.3, 0.4) is 0 Å². The largest absolute Gasteiger partial charge is 0.451 e. The molecular formula is C23H26F3N5O2S. The first-order valence-corrected chi connectivity index (χ1v) is 13.7. The molecule has 1 spiro atoms. The predicted molar refractivity (Wildman–Crippen MR) is 116 cm³/mol. The normalized spacial score (nSPS) is 36.6. The van der Waals surface area contributed by atoms with Crippen molar-refractivity contribution in [1.29, 1.82) is 0 Å². The van der Waals surface area contributed by atoms with Crippen LogP contribution in [0.5, 0.6) is 0 Å². The lowest BCUT2D eigenvalue weighted by Crippen LogP contribution is -2.50. The van der Waals surface area contributed by atoms with Crippen LogP contribution in [0.1, 0.15) is 44.2 Å². The number of sulfone groups is 1. The Kier molecular flexibility index (Phi) is 3.89. The van der Waals surface area contributed by atoms with Gasteiger partial charge in [-0.1, -0.05) is 0 Å². The lowest BCUT2D eigenvalue weighted by Gasteiger charge is -2.38. The highest BCUT2D eigenvalue weighted by molar-refractivity contribution is 7.92. The van der Waals surface area contributed by atoms with Crippen LogP contribution in [0.4, 0.5) is 13.2 Å². The van der Waals surface area contributed by atoms with Crippen molar-refractivity contribution in [3.63, 3.8) is 0 Å². The van der Waals surface area contributed by atoms with E-state index < -0.39 is 21.8 Å². The van der Waals surface area contributed by atoms with E-state index in [0.29, 0.717) is 41.0 Å². The van der Waals surface area contributed by atoms with Crippen LogP contribution in [0, 0.1) is 23.2 Å². The quantitative estimate of drug-likeness (QED) is 0.652. The van der Waals surface area contributed by atoms with Gasteiger partial charge < -0.3 is 0 Å². The van der Waals surface area contributed by atoms with E-state index in [1.54, 1.807) is 0 Å². The number of hydrogen-bond donors (Lipinski definition) is 0. The van der Waals surface area contributed by atoms with Crippen molar-refractivity contribution in [1.82, 2.24) is 24.6 Å². The van der Waals surface area contributed by atoms with Crippen molar-refractivity contribution in [3.05, 3.63) is 29.8 Å². The number of halogens is 3. The standard InChI is InChI=1S/C23H26F3N5O2S/c1-12(2)31-17(8-15(29-31)14-3-5-27-20(28-14)23(24,25)26)22-13-7-16(19(22)18(13)22)30-6-4-21(9-30)10-34(32,33)11-21/h3,5,8,12-13,16,18-19H,4,6-7,9-11H2,1-2H3/t13-,16-,18-,19?,22-/m1/s1. The molecule has 2 saturated heterocycles. The highest BCUT2D eigenvalue weighted by atomic mass is 32.2. The number of alkyl halides is 3. The van der Waals surface area contributed by atoms with Crippen LogP contribution in [0.25, 0.3) is 11.4 Å². The zero-order valence-corrected chi connectivity index (χ0v) is 19.8. The molecule has 182 valence electrons. The second-order valence-electron chi connectivity index (χ2n) is 11.4. The summed E-state index contributed by atoms with van der Waals surface area (Å²) in [4.78, 5) is 9.65. The number of rotatable bonds is 4. The number of hydrogen-bond acceptors (Lipinski definition) is 6. The SMILES string of the molecule is CC(C)n1nc(-c2ccnc(C(F)(F)F)n2)cc1[C@]12C3[C@H](N4CCC5(C4)CS(=O)(=O)C5)C[C@@H]1[C@H]32. The molecule has 6 aliphatic rings. The summed E-state index contributed by atoms with van der Waals surface area (Å²) in [6.07, 6.45) is -1.39. The molecule has 5 atom stereocenters. The third-order valence-electron chi connectivity index (χ3n) is 9.06. The topological polar surface area (TPSA) is 81.0 Å². The first-order chi connectivity index (χ1) is 16.0. The van der Waals surface area contributed by atoms with E-state index in [2.05, 4.69) is 14.9 Å². The zero-order valence-electron chi connectivity index (χ0n) is 19.0. The third-order valence-corrected chi connectivity index (χ3v) is 11.2. The Morgan fingerprint density at radius 3 is 2.59 bits per heavy atom. The molecule has 7 nitrogen and oxygen atoms in total. The van der Waals surface area contributed by atoms with E-state index in [1.807, 2.05) is 24.6 Å². The number of nitrogens with zero attached hydrogens (tertiary/aromatic N) is 5. The fourth-order valence-electron chi connectivity index (χ4n) is 7.82. The van der Waals surface area contributed by atoms with E-state index >= 15 is 0 Å². The molecule has 11 heteroatoms. The molecule has 4 saturated carbocycles. The second kappa shape index (κ2) is 6.21. The number of fused-ring (bicyclic) bond motifs is 1. The summed E-state index contributed by atoms with van der Waals surface area (Å²) in [5.41, 5.74) is 1.80. The molecule has 0 aromatic carbocycles. The first-order valence-electron chi connectivity index (χ1n) is 11.9. The van der Waals surface area contributed by atoms with Crippen LogP contribution in [0.15, 0.2) is 18.3 Å². The Balaban J connectivity index is 1.17. The summed E-state index contributed by atoms with van der Waals surface area (Å²) < 4.78 is 65.0. The molecule has 1 unspecified atom stereocenters. The molecule has 4 aliphatic carbocycles. The molecule has 2 aromatic heterocycles. The van der Waals surface area contributed by atoms with Gasteiger partial charge in [-0.05, 0) is 63.1 Å². The maximum Gasteiger partial charge on any atom is 0.451 e. The molecule has 2 bridgehead atoms. The second-order valence-corrected chi connectivity index (χ2v) is 13.4. The summed E-state index contributed by atoms with van der Waals surface area (Å²) in [6.45, 7) is 5.91. The minimum absolute atomic E-state index is 0.0373. The molecule has 4 heterocycles. The van der Waals surface area contributed by atoms with Crippen molar-refractivity contribution in [3.8, 4) is 11.4 Å². The molecule has 34 heavy (non-hydrogen) atoms. The van der Waals surface area contributed by atoms with Crippen molar-refractivity contribution in [2.45, 2.75) is 50.4 Å². The molecular weight excluding hydrogens is 467 g/mol. The first kappa shape index (κ1) is 21.3. The molecule has 0 N–H and O–H groups in total. The van der Waals surface area contributed by atoms with Gasteiger partial charge in [0, 0.05) is 41.3 Å². The minimum atomic E-state index is -4.60. The van der Waals surface area contributed by atoms with Gasteiger partial charge in [0.15, 0.2) is 9.84 Å². The van der Waals surface area contributed by atoms with E-state index in [0.717, 1.165) is 37.8 Å². The van der Waals surface area contributed by atoms with Gasteiger partial charge in [0.1, 0.15) is 5.69 Å². The fourth-order valence-corrected chi connectivity index (χ4v) is 10.1. The Bertz CT molecular complexity index is 1300. The zero-order chi connectivity index (χ0) is 23.8. The van der Waals surface area contributed by atoms with Crippen LogP contribution < -0.4 is 0 Å². The predicted octanol–water partition coefficient (Wildman–Crippen LogP) is 2.95. The number of aromatic nitrogens is 4. The Labute approximate surface area is 195 Å². The molecule has 2 aliphatic heterocycles. The van der Waals surface area contributed by atoms with Gasteiger partial charge in [-0.2, -0.15) is 18.3 Å². The van der Waals surface area contributed by atoms with E-state index in [-0.39, 0.29) is 22.6 Å². The number of likely N-dealkylation sites (tertiary alicyclic amines) is 1. The van der Waals surface area contributed by atoms with E-state index in [4.69, 9.17) is 5.10 Å². The van der Waals surface area contributed by atoms with Crippen molar-refractivity contribution in [2.75, 3.05) is 24.6 Å². The average molecular weight is 494 g/mol. The lowest BCUT2D eigenvalue weighted by atomic mass is 9.91. The van der Waals surface area contributed by atoms with Gasteiger partial charge in [-0.3, -0.25) is 9.58 Å². The van der Waals surface area contributed by atoms with Gasteiger partial charge in [0.25, 0.3) is 0 Å². The maximum absolute atomic E-state index is 13.1. The molecule has 8 rings (SSSR count). The van der Waals surface area contributed by atoms with Gasteiger partial charge in [0.2, 0.25) is 5.82 Å². The average Bonchev–Trinajstić information content (AvgIpc) is 3.23. The van der Waals surface area contributed by atoms with Crippen LogP contribution in [-0.4, -0.2) is 63.7 Å². The molecule has 0 radical (unpaired) electrons. The van der Waals surface area contributed by atoms with Gasteiger partial charge in [-0.15, -0.1) is 0 Å². The highest BCUT2D eigenvalue weighted by Gasteiger charge is 2.93. The van der Waals surface area contributed by atoms with Crippen LogP contribution >= 0.6 is 0 Å². The summed E-state index contributed by atoms with van der Waals surface area (Å²) in [5, 5.41) is 4.70. The summed E-state index contributed by atoms with van der Waals surface area (Å²) in [6, 6.07) is 3.97. The Morgan fingerprint density at radius 1 is 1.18 bits per heavy atom. The lowest BCUT2D eigenvalue weighted by molar-refractivity contribution is -0.144. The Morgan fingerprint density at radius 2 is 1.94 bits per heavy atom. The van der Waals surface area contributed by atoms with Crippen LogP contribution in [-0.2, 0) is 21.4 Å². The maximum atomic E-state index is 13.1. The van der Waals surface area contributed by atoms with E-state index in [9.17, 15) is 21.6 Å². The summed E-state index contributed by atoms with van der Waals surface area (Å²) in [7, 11) is -2.84. The van der Waals surface area contributed by atoms with Gasteiger partial charge >= 0.3 is 6.18 Å². The Hall–Kier alpha value is -2.01. The van der Waals surface area contributed by atoms with Gasteiger partial charge in [0.05, 0.1) is 17.2 Å². The molecule has 0 amide bonds. The highest BCUT2D eigenvalue weighted by Crippen LogP contribution is 2.91.